The number of methoxy groups -OCH3 is 1. The topological polar surface area (TPSA) is 115 Å². The molecule has 0 unspecified atom stereocenters. The lowest BCUT2D eigenvalue weighted by Gasteiger charge is -2.08. The Kier molecular flexibility index (Phi) is 5.79. The molecule has 0 spiro atoms. The van der Waals surface area contributed by atoms with Crippen LogP contribution in [-0.4, -0.2) is 36.5 Å². The van der Waals surface area contributed by atoms with Gasteiger partial charge in [-0.1, -0.05) is 18.2 Å². The molecule has 29 heavy (non-hydrogen) atoms. The Morgan fingerprint density at radius 2 is 1.86 bits per heavy atom. The fourth-order valence-electron chi connectivity index (χ4n) is 2.81. The number of anilines is 1. The number of amides is 1. The van der Waals surface area contributed by atoms with Crippen LogP contribution in [0.1, 0.15) is 31.2 Å². The van der Waals surface area contributed by atoms with Gasteiger partial charge in [0, 0.05) is 21.8 Å². The van der Waals surface area contributed by atoms with Crippen molar-refractivity contribution in [2.45, 2.75) is 13.8 Å². The fraction of sp³-hybridized carbons (Fsp3) is 0.200. The molecule has 0 radical (unpaired) electrons. The minimum absolute atomic E-state index is 0.0650. The van der Waals surface area contributed by atoms with Crippen LogP contribution in [0.15, 0.2) is 35.1 Å². The molecule has 0 saturated heterocycles. The molecule has 2 aromatic heterocycles. The Balaban J connectivity index is 1.74. The smallest absolute Gasteiger partial charge is 0.341 e. The molecular formula is C20H18N2O6S. The lowest BCUT2D eigenvalue weighted by atomic mass is 10.1. The monoisotopic (exact) mass is 414 g/mol. The van der Waals surface area contributed by atoms with E-state index in [1.807, 2.05) is 6.92 Å². The van der Waals surface area contributed by atoms with Crippen molar-refractivity contribution >= 4 is 45.1 Å². The number of thiophene rings is 1. The largest absolute Gasteiger partial charge is 0.465 e. The minimum atomic E-state index is -0.797. The van der Waals surface area contributed by atoms with Gasteiger partial charge < -0.3 is 19.8 Å². The van der Waals surface area contributed by atoms with E-state index in [1.165, 1.54) is 18.4 Å². The summed E-state index contributed by atoms with van der Waals surface area (Å²) in [6.45, 7) is 3.00. The normalized spacial score (nSPS) is 10.6. The van der Waals surface area contributed by atoms with E-state index in [2.05, 4.69) is 10.3 Å². The van der Waals surface area contributed by atoms with Crippen molar-refractivity contribution in [2.75, 3.05) is 19.0 Å². The first-order chi connectivity index (χ1) is 13.8. The first kappa shape index (κ1) is 20.3. The van der Waals surface area contributed by atoms with E-state index in [-0.39, 0.29) is 11.1 Å². The highest BCUT2D eigenvalue weighted by Crippen LogP contribution is 2.32. The van der Waals surface area contributed by atoms with E-state index in [0.717, 1.165) is 10.9 Å². The molecule has 1 aromatic carbocycles. The van der Waals surface area contributed by atoms with Crippen LogP contribution in [-0.2, 0) is 14.3 Å². The van der Waals surface area contributed by atoms with Crippen molar-refractivity contribution in [3.05, 3.63) is 62.3 Å². The van der Waals surface area contributed by atoms with Crippen molar-refractivity contribution in [1.29, 1.82) is 0 Å². The van der Waals surface area contributed by atoms with Gasteiger partial charge in [0.15, 0.2) is 6.61 Å². The molecule has 0 fully saturated rings. The number of rotatable bonds is 5. The molecule has 0 saturated carbocycles. The van der Waals surface area contributed by atoms with Gasteiger partial charge in [-0.2, -0.15) is 0 Å². The second-order valence-electron chi connectivity index (χ2n) is 6.20. The highest BCUT2D eigenvalue weighted by molar-refractivity contribution is 7.16. The number of para-hydroxylation sites is 1. The molecule has 1 amide bonds. The van der Waals surface area contributed by atoms with E-state index < -0.39 is 30.0 Å². The van der Waals surface area contributed by atoms with Gasteiger partial charge in [0.05, 0.1) is 18.2 Å². The van der Waals surface area contributed by atoms with Crippen LogP contribution in [0.4, 0.5) is 5.00 Å². The van der Waals surface area contributed by atoms with Gasteiger partial charge in [-0.05, 0) is 25.5 Å². The highest BCUT2D eigenvalue weighted by atomic mass is 32.1. The van der Waals surface area contributed by atoms with Crippen molar-refractivity contribution in [3.63, 3.8) is 0 Å². The van der Waals surface area contributed by atoms with Crippen molar-refractivity contribution in [2.24, 2.45) is 0 Å². The van der Waals surface area contributed by atoms with Crippen LogP contribution < -0.4 is 10.9 Å². The zero-order valence-corrected chi connectivity index (χ0v) is 16.8. The van der Waals surface area contributed by atoms with Crippen LogP contribution >= 0.6 is 11.3 Å². The van der Waals surface area contributed by atoms with Crippen LogP contribution in [0, 0.1) is 13.8 Å². The number of nitrogens with one attached hydrogen (secondary N) is 2. The summed E-state index contributed by atoms with van der Waals surface area (Å²) < 4.78 is 9.83. The second kappa shape index (κ2) is 8.27. The molecule has 0 aliphatic heterocycles. The number of aryl methyl sites for hydroxylation is 1. The van der Waals surface area contributed by atoms with E-state index in [9.17, 15) is 19.2 Å². The number of carbonyl (C=O) groups excluding carboxylic acids is 3. The maximum absolute atomic E-state index is 12.4. The Morgan fingerprint density at radius 3 is 2.59 bits per heavy atom. The standard InChI is InChI=1S/C20H18N2O6S/c1-10-11(2)29-18(17(10)20(26)27-3)22-16(24)9-28-19(25)13-8-15(23)21-14-7-5-4-6-12(13)14/h4-8H,9H2,1-3H3,(H,21,23)(H,22,24). The van der Waals surface area contributed by atoms with Gasteiger partial charge in [0.25, 0.3) is 5.91 Å². The minimum Gasteiger partial charge on any atom is -0.465 e. The lowest BCUT2D eigenvalue weighted by Crippen LogP contribution is -2.22. The Bertz CT molecular complexity index is 1180. The Morgan fingerprint density at radius 1 is 1.14 bits per heavy atom. The van der Waals surface area contributed by atoms with Crippen molar-refractivity contribution < 1.29 is 23.9 Å². The summed E-state index contributed by atoms with van der Waals surface area (Å²) in [6.07, 6.45) is 0. The SMILES string of the molecule is COC(=O)c1c(NC(=O)COC(=O)c2cc(=O)[nH]c3ccccc23)sc(C)c1C. The van der Waals surface area contributed by atoms with Gasteiger partial charge >= 0.3 is 11.9 Å². The van der Waals surface area contributed by atoms with E-state index in [1.54, 1.807) is 31.2 Å². The van der Waals surface area contributed by atoms with Crippen LogP contribution in [0.25, 0.3) is 10.9 Å². The zero-order chi connectivity index (χ0) is 21.1. The maximum Gasteiger partial charge on any atom is 0.341 e. The van der Waals surface area contributed by atoms with E-state index in [0.29, 0.717) is 21.5 Å². The average molecular weight is 414 g/mol. The van der Waals surface area contributed by atoms with Crippen molar-refractivity contribution in [1.82, 2.24) is 4.98 Å². The summed E-state index contributed by atoms with van der Waals surface area (Å²) in [5.41, 5.74) is 1.09. The summed E-state index contributed by atoms with van der Waals surface area (Å²) in [7, 11) is 1.26. The average Bonchev–Trinajstić information content (AvgIpc) is 2.98. The van der Waals surface area contributed by atoms with Gasteiger partial charge in [-0.3, -0.25) is 9.59 Å². The maximum atomic E-state index is 12.4. The third-order valence-electron chi connectivity index (χ3n) is 4.33. The summed E-state index contributed by atoms with van der Waals surface area (Å²) in [4.78, 5) is 51.9. The van der Waals surface area contributed by atoms with Gasteiger partial charge in [0.1, 0.15) is 5.00 Å². The quantitative estimate of drug-likeness (QED) is 0.621. The van der Waals surface area contributed by atoms with Gasteiger partial charge in [-0.15, -0.1) is 11.3 Å². The van der Waals surface area contributed by atoms with E-state index >= 15 is 0 Å². The number of hydrogen-bond acceptors (Lipinski definition) is 7. The number of carbonyl (C=O) groups is 3. The molecule has 9 heteroatoms. The fourth-order valence-corrected chi connectivity index (χ4v) is 3.87. The number of ether oxygens (including phenoxy) is 2. The Hall–Kier alpha value is -3.46. The van der Waals surface area contributed by atoms with Crippen LogP contribution in [0.3, 0.4) is 0 Å². The molecule has 150 valence electrons. The molecule has 8 nitrogen and oxygen atoms in total. The Labute approximate surface area is 169 Å². The molecule has 0 aliphatic carbocycles. The molecule has 2 N–H and O–H groups in total. The number of hydrogen-bond donors (Lipinski definition) is 2. The number of aromatic amines is 1. The third-order valence-corrected chi connectivity index (χ3v) is 5.46. The molecular weight excluding hydrogens is 396 g/mol. The van der Waals surface area contributed by atoms with E-state index in [4.69, 9.17) is 9.47 Å². The second-order valence-corrected chi connectivity index (χ2v) is 7.42. The lowest BCUT2D eigenvalue weighted by molar-refractivity contribution is -0.119. The number of pyridine rings is 1. The third kappa shape index (κ3) is 4.19. The molecule has 2 heterocycles. The van der Waals surface area contributed by atoms with Crippen LogP contribution in [0.2, 0.25) is 0 Å². The first-order valence-electron chi connectivity index (χ1n) is 8.59. The predicted octanol–water partition coefficient (Wildman–Crippen LogP) is 2.79. The molecule has 3 rings (SSSR count). The summed E-state index contributed by atoms with van der Waals surface area (Å²) in [5, 5.41) is 3.41. The molecule has 3 aromatic rings. The number of aromatic nitrogens is 1. The predicted molar refractivity (Wildman–Crippen MR) is 109 cm³/mol. The highest BCUT2D eigenvalue weighted by Gasteiger charge is 2.22. The summed E-state index contributed by atoms with van der Waals surface area (Å²) in [5.74, 6) is -1.97. The summed E-state index contributed by atoms with van der Waals surface area (Å²) in [6, 6.07) is 7.91. The van der Waals surface area contributed by atoms with Crippen LogP contribution in [0.5, 0.6) is 0 Å². The molecule has 0 aliphatic rings. The van der Waals surface area contributed by atoms with Gasteiger partial charge in [-0.25, -0.2) is 9.59 Å². The summed E-state index contributed by atoms with van der Waals surface area (Å²) >= 11 is 1.23. The number of esters is 2. The number of H-pyrrole nitrogens is 1. The zero-order valence-electron chi connectivity index (χ0n) is 16.0. The number of benzene rings is 1. The molecule has 0 bridgehead atoms. The van der Waals surface area contributed by atoms with Crippen molar-refractivity contribution in [3.8, 4) is 0 Å². The first-order valence-corrected chi connectivity index (χ1v) is 9.40. The molecule has 0 atom stereocenters. The number of fused-ring (bicyclic) bond motifs is 1. The van der Waals surface area contributed by atoms with Gasteiger partial charge in [0.2, 0.25) is 5.56 Å².